The molecule has 0 spiro atoms. The molecule has 1 heterocycles. The molecule has 0 saturated carbocycles. The molecule has 0 radical (unpaired) electrons. The summed E-state index contributed by atoms with van der Waals surface area (Å²) in [6, 6.07) is 4.79. The number of hydrogen-bond donors (Lipinski definition) is 2. The van der Waals surface area contributed by atoms with Gasteiger partial charge in [0.15, 0.2) is 0 Å². The highest BCUT2D eigenvalue weighted by Gasteiger charge is 2.21. The molecule has 1 atom stereocenters. The van der Waals surface area contributed by atoms with E-state index in [0.717, 1.165) is 19.5 Å². The Morgan fingerprint density at radius 1 is 1.62 bits per heavy atom. The first-order valence-corrected chi connectivity index (χ1v) is 5.49. The maximum atomic E-state index is 10.8. The summed E-state index contributed by atoms with van der Waals surface area (Å²) in [6.07, 6.45) is 0.976. The van der Waals surface area contributed by atoms with E-state index in [1.54, 1.807) is 0 Å². The van der Waals surface area contributed by atoms with Gasteiger partial charge >= 0.3 is 5.97 Å². The lowest BCUT2D eigenvalue weighted by atomic mass is 10.0. The molecule has 3 N–H and O–H groups in total. The van der Waals surface area contributed by atoms with E-state index in [4.69, 9.17) is 10.8 Å². The molecule has 4 nitrogen and oxygen atoms in total. The zero-order valence-corrected chi connectivity index (χ0v) is 9.31. The normalized spacial score (nSPS) is 16.0. The monoisotopic (exact) mass is 220 g/mol. The van der Waals surface area contributed by atoms with E-state index >= 15 is 0 Å². The van der Waals surface area contributed by atoms with Crippen molar-refractivity contribution in [2.45, 2.75) is 19.4 Å². The number of benzene rings is 1. The molecular weight excluding hydrogens is 204 g/mol. The molecule has 4 heteroatoms. The lowest BCUT2D eigenvalue weighted by Gasteiger charge is -2.17. The van der Waals surface area contributed by atoms with Gasteiger partial charge in [-0.3, -0.25) is 4.79 Å². The minimum atomic E-state index is -0.981. The summed E-state index contributed by atoms with van der Waals surface area (Å²) >= 11 is 0. The zero-order valence-electron chi connectivity index (χ0n) is 9.31. The van der Waals surface area contributed by atoms with Crippen LogP contribution in [0.1, 0.15) is 24.1 Å². The van der Waals surface area contributed by atoms with Crippen LogP contribution in [0, 0.1) is 0 Å². The molecule has 0 bridgehead atoms. The third kappa shape index (κ3) is 1.76. The molecule has 0 saturated heterocycles. The Kier molecular flexibility index (Phi) is 2.83. The van der Waals surface area contributed by atoms with Crippen LogP contribution in [0.15, 0.2) is 18.2 Å². The average molecular weight is 220 g/mol. The van der Waals surface area contributed by atoms with Crippen LogP contribution < -0.4 is 10.6 Å². The van der Waals surface area contributed by atoms with Gasteiger partial charge in [0, 0.05) is 18.8 Å². The van der Waals surface area contributed by atoms with Crippen molar-refractivity contribution in [1.29, 1.82) is 0 Å². The molecule has 0 aliphatic carbocycles. The second kappa shape index (κ2) is 4.14. The van der Waals surface area contributed by atoms with Crippen LogP contribution in [-0.2, 0) is 11.2 Å². The first-order valence-electron chi connectivity index (χ1n) is 5.49. The topological polar surface area (TPSA) is 66.6 Å². The van der Waals surface area contributed by atoms with E-state index < -0.39 is 12.0 Å². The molecule has 1 aromatic rings. The molecule has 86 valence electrons. The van der Waals surface area contributed by atoms with Crippen molar-refractivity contribution >= 4 is 11.7 Å². The highest BCUT2D eigenvalue weighted by Crippen LogP contribution is 2.29. The van der Waals surface area contributed by atoms with Gasteiger partial charge in [0.05, 0.1) is 0 Å². The number of fused-ring (bicyclic) bond motifs is 1. The molecule has 1 aliphatic heterocycles. The number of nitrogens with two attached hydrogens (primary N) is 1. The number of carbonyl (C=O) groups is 1. The maximum absolute atomic E-state index is 10.8. The number of carboxylic acid groups (broad SMARTS) is 1. The third-order valence-corrected chi connectivity index (χ3v) is 3.10. The first kappa shape index (κ1) is 11.0. The minimum absolute atomic E-state index is 0.684. The minimum Gasteiger partial charge on any atom is -0.480 e. The van der Waals surface area contributed by atoms with Gasteiger partial charge in [-0.05, 0) is 30.5 Å². The number of anilines is 1. The summed E-state index contributed by atoms with van der Waals surface area (Å²) in [5, 5.41) is 8.85. The number of aliphatic carboxylic acids is 1. The van der Waals surface area contributed by atoms with Gasteiger partial charge in [-0.15, -0.1) is 0 Å². The van der Waals surface area contributed by atoms with E-state index in [9.17, 15) is 4.79 Å². The Hall–Kier alpha value is -1.55. The first-order chi connectivity index (χ1) is 7.63. The van der Waals surface area contributed by atoms with Crippen molar-refractivity contribution in [1.82, 2.24) is 0 Å². The summed E-state index contributed by atoms with van der Waals surface area (Å²) < 4.78 is 0. The molecule has 2 rings (SSSR count). The SMILES string of the molecule is CCN1CCc2cc([C@H](N)C(=O)O)ccc21. The van der Waals surface area contributed by atoms with Crippen LogP contribution >= 0.6 is 0 Å². The highest BCUT2D eigenvalue weighted by molar-refractivity contribution is 5.76. The standard InChI is InChI=1S/C12H16N2O2/c1-2-14-6-5-8-7-9(3-4-10(8)14)11(13)12(15)16/h3-4,7,11H,2,5-6,13H2,1H3,(H,15,16)/t11-/m0/s1. The molecule has 0 fully saturated rings. The molecule has 1 aromatic carbocycles. The van der Waals surface area contributed by atoms with Crippen molar-refractivity contribution < 1.29 is 9.90 Å². The second-order valence-electron chi connectivity index (χ2n) is 4.03. The molecule has 0 amide bonds. The summed E-state index contributed by atoms with van der Waals surface area (Å²) in [6.45, 7) is 4.11. The van der Waals surface area contributed by atoms with Gasteiger partial charge in [-0.2, -0.15) is 0 Å². The van der Waals surface area contributed by atoms with Gasteiger partial charge < -0.3 is 15.7 Å². The summed E-state index contributed by atoms with van der Waals surface area (Å²) in [5.74, 6) is -0.981. The number of hydrogen-bond acceptors (Lipinski definition) is 3. The van der Waals surface area contributed by atoms with Crippen LogP contribution in [0.5, 0.6) is 0 Å². The average Bonchev–Trinajstić information content (AvgIpc) is 2.69. The van der Waals surface area contributed by atoms with Gasteiger partial charge in [-0.1, -0.05) is 12.1 Å². The predicted molar refractivity (Wildman–Crippen MR) is 62.6 cm³/mol. The Labute approximate surface area is 94.7 Å². The lowest BCUT2D eigenvalue weighted by Crippen LogP contribution is -2.21. The second-order valence-corrected chi connectivity index (χ2v) is 4.03. The Morgan fingerprint density at radius 2 is 2.38 bits per heavy atom. The van der Waals surface area contributed by atoms with E-state index in [0.29, 0.717) is 5.56 Å². The largest absolute Gasteiger partial charge is 0.480 e. The Bertz CT molecular complexity index is 417. The molecule has 0 aromatic heterocycles. The van der Waals surface area contributed by atoms with Crippen LogP contribution in [0.2, 0.25) is 0 Å². The van der Waals surface area contributed by atoms with Crippen LogP contribution in [0.25, 0.3) is 0 Å². The van der Waals surface area contributed by atoms with Gasteiger partial charge in [0.2, 0.25) is 0 Å². The number of likely N-dealkylation sites (N-methyl/N-ethyl adjacent to an activating group) is 1. The molecular formula is C12H16N2O2. The summed E-state index contributed by atoms with van der Waals surface area (Å²) in [5.41, 5.74) is 8.69. The Balaban J connectivity index is 2.31. The van der Waals surface area contributed by atoms with E-state index in [1.807, 2.05) is 18.2 Å². The van der Waals surface area contributed by atoms with E-state index in [1.165, 1.54) is 11.3 Å². The predicted octanol–water partition coefficient (Wildman–Crippen LogP) is 1.15. The van der Waals surface area contributed by atoms with Crippen molar-refractivity contribution in [2.75, 3.05) is 18.0 Å². The van der Waals surface area contributed by atoms with Crippen molar-refractivity contribution in [3.63, 3.8) is 0 Å². The van der Waals surface area contributed by atoms with E-state index in [2.05, 4.69) is 11.8 Å². The van der Waals surface area contributed by atoms with Crippen molar-refractivity contribution in [3.05, 3.63) is 29.3 Å². The molecule has 1 aliphatic rings. The van der Waals surface area contributed by atoms with Gasteiger partial charge in [0.25, 0.3) is 0 Å². The van der Waals surface area contributed by atoms with Gasteiger partial charge in [0.1, 0.15) is 6.04 Å². The fourth-order valence-corrected chi connectivity index (χ4v) is 2.15. The number of carboxylic acids is 1. The quantitative estimate of drug-likeness (QED) is 0.802. The van der Waals surface area contributed by atoms with Gasteiger partial charge in [-0.25, -0.2) is 0 Å². The summed E-state index contributed by atoms with van der Waals surface area (Å²) in [4.78, 5) is 13.1. The van der Waals surface area contributed by atoms with Crippen LogP contribution in [0.3, 0.4) is 0 Å². The lowest BCUT2D eigenvalue weighted by molar-refractivity contribution is -0.138. The Morgan fingerprint density at radius 3 is 3.00 bits per heavy atom. The fourth-order valence-electron chi connectivity index (χ4n) is 2.15. The number of rotatable bonds is 3. The summed E-state index contributed by atoms with van der Waals surface area (Å²) in [7, 11) is 0. The van der Waals surface area contributed by atoms with E-state index in [-0.39, 0.29) is 0 Å². The molecule has 0 unspecified atom stereocenters. The third-order valence-electron chi connectivity index (χ3n) is 3.10. The zero-order chi connectivity index (χ0) is 11.7. The maximum Gasteiger partial charge on any atom is 0.325 e. The van der Waals surface area contributed by atoms with Crippen LogP contribution in [-0.4, -0.2) is 24.2 Å². The molecule has 16 heavy (non-hydrogen) atoms. The van der Waals surface area contributed by atoms with Crippen LogP contribution in [0.4, 0.5) is 5.69 Å². The van der Waals surface area contributed by atoms with Crippen molar-refractivity contribution in [2.24, 2.45) is 5.73 Å². The highest BCUT2D eigenvalue weighted by atomic mass is 16.4. The fraction of sp³-hybridized carbons (Fsp3) is 0.417. The smallest absolute Gasteiger partial charge is 0.325 e. The number of nitrogens with zero attached hydrogens (tertiary/aromatic N) is 1. The van der Waals surface area contributed by atoms with Crippen molar-refractivity contribution in [3.8, 4) is 0 Å².